The fraction of sp³-hybridized carbons (Fsp3) is 0.481. The van der Waals surface area contributed by atoms with Crippen LogP contribution in [0.25, 0.3) is 0 Å². The van der Waals surface area contributed by atoms with Crippen LogP contribution in [0.4, 0.5) is 0 Å². The van der Waals surface area contributed by atoms with Crippen molar-refractivity contribution in [2.45, 2.75) is 38.5 Å². The number of carbonyl (C=O) groups excluding carboxylic acids is 1. The summed E-state index contributed by atoms with van der Waals surface area (Å²) in [6.45, 7) is 5.95. The Morgan fingerprint density at radius 2 is 1.88 bits per heavy atom. The SMILES string of the molecule is COC(=O)COc1ccc(CCN(C)CCCC(C#N)(c2cc[c-]c(OC)c2)C(C)C)cc1.[Co]. The molecule has 1 unspecified atom stereocenters. The Morgan fingerprint density at radius 3 is 2.47 bits per heavy atom. The molecule has 1 radical (unpaired) electrons. The number of nitrogens with zero attached hydrogens (tertiary/aromatic N) is 2. The van der Waals surface area contributed by atoms with E-state index in [1.807, 2.05) is 42.5 Å². The van der Waals surface area contributed by atoms with Crippen LogP contribution in [0.3, 0.4) is 0 Å². The predicted molar refractivity (Wildman–Crippen MR) is 128 cm³/mol. The van der Waals surface area contributed by atoms with Crippen LogP contribution in [0.5, 0.6) is 11.5 Å². The number of rotatable bonds is 13. The Balaban J connectivity index is 0.00000578. The molecule has 187 valence electrons. The Hall–Kier alpha value is -2.53. The van der Waals surface area contributed by atoms with Gasteiger partial charge in [-0.2, -0.15) is 17.4 Å². The molecule has 34 heavy (non-hydrogen) atoms. The van der Waals surface area contributed by atoms with E-state index < -0.39 is 11.4 Å². The van der Waals surface area contributed by atoms with Gasteiger partial charge in [0.2, 0.25) is 0 Å². The number of nitriles is 1. The molecule has 2 rings (SSSR count). The average molecular weight is 511 g/mol. The van der Waals surface area contributed by atoms with Gasteiger partial charge in [0.05, 0.1) is 25.7 Å². The van der Waals surface area contributed by atoms with Gasteiger partial charge in [-0.15, -0.1) is 17.7 Å². The summed E-state index contributed by atoms with van der Waals surface area (Å²) in [4.78, 5) is 13.5. The number of likely N-dealkylation sites (N-methyl/N-ethyl adjacent to an activating group) is 1. The second-order valence-corrected chi connectivity index (χ2v) is 8.55. The first kappa shape index (κ1) is 29.5. The maximum Gasteiger partial charge on any atom is 0.343 e. The molecule has 0 fully saturated rings. The van der Waals surface area contributed by atoms with Gasteiger partial charge in [-0.3, -0.25) is 0 Å². The quantitative estimate of drug-likeness (QED) is 0.294. The van der Waals surface area contributed by atoms with E-state index in [9.17, 15) is 10.1 Å². The van der Waals surface area contributed by atoms with E-state index in [1.54, 1.807) is 7.11 Å². The van der Waals surface area contributed by atoms with Crippen molar-refractivity contribution in [2.24, 2.45) is 5.92 Å². The zero-order chi connectivity index (χ0) is 24.3. The van der Waals surface area contributed by atoms with Crippen molar-refractivity contribution in [3.05, 3.63) is 59.7 Å². The van der Waals surface area contributed by atoms with Gasteiger partial charge in [0.25, 0.3) is 0 Å². The van der Waals surface area contributed by atoms with E-state index in [2.05, 4.69) is 42.7 Å². The molecule has 0 saturated heterocycles. The van der Waals surface area contributed by atoms with Crippen molar-refractivity contribution in [1.82, 2.24) is 4.90 Å². The Kier molecular flexibility index (Phi) is 12.7. The first-order valence-corrected chi connectivity index (χ1v) is 11.3. The molecule has 2 aromatic carbocycles. The van der Waals surface area contributed by atoms with Crippen molar-refractivity contribution >= 4 is 5.97 Å². The third-order valence-corrected chi connectivity index (χ3v) is 6.10. The van der Waals surface area contributed by atoms with E-state index in [0.29, 0.717) is 11.5 Å². The van der Waals surface area contributed by atoms with Crippen molar-refractivity contribution in [2.75, 3.05) is 41.0 Å². The molecular weight excluding hydrogens is 475 g/mol. The monoisotopic (exact) mass is 510 g/mol. The normalized spacial score (nSPS) is 12.4. The number of ether oxygens (including phenoxy) is 3. The van der Waals surface area contributed by atoms with Gasteiger partial charge in [0.1, 0.15) is 5.75 Å². The first-order valence-electron chi connectivity index (χ1n) is 11.3. The van der Waals surface area contributed by atoms with Crippen molar-refractivity contribution in [3.63, 3.8) is 0 Å². The molecule has 0 saturated carbocycles. The minimum Gasteiger partial charge on any atom is -0.523 e. The molecule has 0 spiro atoms. The van der Waals surface area contributed by atoms with Gasteiger partial charge in [-0.25, -0.2) is 4.79 Å². The molecule has 0 aliphatic carbocycles. The van der Waals surface area contributed by atoms with E-state index in [1.165, 1.54) is 12.7 Å². The fourth-order valence-electron chi connectivity index (χ4n) is 3.87. The number of esters is 1. The average Bonchev–Trinajstić information content (AvgIpc) is 2.84. The molecule has 7 heteroatoms. The second-order valence-electron chi connectivity index (χ2n) is 8.55. The van der Waals surface area contributed by atoms with E-state index in [-0.39, 0.29) is 29.3 Å². The molecule has 0 aromatic heterocycles. The summed E-state index contributed by atoms with van der Waals surface area (Å²) in [6.07, 6.45) is 2.61. The van der Waals surface area contributed by atoms with E-state index in [0.717, 1.165) is 37.9 Å². The van der Waals surface area contributed by atoms with Gasteiger partial charge in [-0.05, 0) is 56.5 Å². The fourth-order valence-corrected chi connectivity index (χ4v) is 3.87. The summed E-state index contributed by atoms with van der Waals surface area (Å²) >= 11 is 0. The zero-order valence-corrected chi connectivity index (χ0v) is 21.8. The molecule has 0 N–H and O–H groups in total. The third-order valence-electron chi connectivity index (χ3n) is 6.10. The van der Waals surface area contributed by atoms with Crippen LogP contribution in [0.2, 0.25) is 0 Å². The predicted octanol–water partition coefficient (Wildman–Crippen LogP) is 4.42. The minimum absolute atomic E-state index is 0. The summed E-state index contributed by atoms with van der Waals surface area (Å²) in [6, 6.07) is 19.2. The Bertz CT molecular complexity index is 927. The number of methoxy groups -OCH3 is 2. The summed E-state index contributed by atoms with van der Waals surface area (Å²) < 4.78 is 15.3. The molecule has 0 aliphatic rings. The summed E-state index contributed by atoms with van der Waals surface area (Å²) in [5.74, 6) is 1.09. The molecule has 0 amide bonds. The first-order chi connectivity index (χ1) is 15.8. The summed E-state index contributed by atoms with van der Waals surface area (Å²) in [7, 11) is 5.07. The van der Waals surface area contributed by atoms with Crippen LogP contribution in [0, 0.1) is 23.3 Å². The van der Waals surface area contributed by atoms with E-state index >= 15 is 0 Å². The summed E-state index contributed by atoms with van der Waals surface area (Å²) in [5, 5.41) is 10.1. The topological polar surface area (TPSA) is 71.8 Å². The molecule has 0 heterocycles. The van der Waals surface area contributed by atoms with Crippen LogP contribution in [0.1, 0.15) is 37.8 Å². The van der Waals surface area contributed by atoms with Crippen LogP contribution >= 0.6 is 0 Å². The van der Waals surface area contributed by atoms with Crippen molar-refractivity contribution < 1.29 is 35.8 Å². The molecule has 0 bridgehead atoms. The second kappa shape index (κ2) is 14.7. The number of hydrogen-bond donors (Lipinski definition) is 0. The minimum atomic E-state index is -0.552. The van der Waals surface area contributed by atoms with Crippen LogP contribution in [-0.2, 0) is 38.1 Å². The molecular formula is C27H35CoN2O4-. The standard InChI is InChI=1S/C27H35N2O4.Co/c1-21(2)27(20-28,23-8-6-9-25(18-23)31-4)15-7-16-29(3)17-14-22-10-12-24(13-11-22)33-19-26(30)32-5;/h6,8,10-13,18,21H,7,14-17,19H2,1-5H3;/q-1;. The van der Waals surface area contributed by atoms with Crippen LogP contribution < -0.4 is 9.47 Å². The van der Waals surface area contributed by atoms with E-state index in [4.69, 9.17) is 9.47 Å². The maximum absolute atomic E-state index is 11.2. The Labute approximate surface area is 214 Å². The molecule has 2 aromatic rings. The van der Waals surface area contributed by atoms with Gasteiger partial charge >= 0.3 is 5.97 Å². The van der Waals surface area contributed by atoms with Crippen molar-refractivity contribution in [3.8, 4) is 17.6 Å². The Morgan fingerprint density at radius 1 is 1.18 bits per heavy atom. The zero-order valence-electron chi connectivity index (χ0n) is 20.7. The number of carbonyl (C=O) groups is 1. The van der Waals surface area contributed by atoms with Gasteiger partial charge in [-0.1, -0.05) is 26.0 Å². The third kappa shape index (κ3) is 8.35. The van der Waals surface area contributed by atoms with Crippen LogP contribution in [-0.4, -0.2) is 51.8 Å². The van der Waals surface area contributed by atoms with Crippen molar-refractivity contribution in [1.29, 1.82) is 5.26 Å². The molecule has 1 atom stereocenters. The summed E-state index contributed by atoms with van der Waals surface area (Å²) in [5.41, 5.74) is 1.64. The van der Waals surface area contributed by atoms with Crippen LogP contribution in [0.15, 0.2) is 42.5 Å². The van der Waals surface area contributed by atoms with Gasteiger partial charge in [0, 0.05) is 29.1 Å². The maximum atomic E-state index is 11.2. The smallest absolute Gasteiger partial charge is 0.343 e. The molecule has 0 aliphatic heterocycles. The molecule has 6 nitrogen and oxygen atoms in total. The van der Waals surface area contributed by atoms with Gasteiger partial charge in [0.15, 0.2) is 6.61 Å². The largest absolute Gasteiger partial charge is 0.523 e. The number of hydrogen-bond acceptors (Lipinski definition) is 6. The number of benzene rings is 2. The van der Waals surface area contributed by atoms with Gasteiger partial charge < -0.3 is 19.1 Å².